The van der Waals surface area contributed by atoms with Gasteiger partial charge >= 0.3 is 0 Å². The zero-order chi connectivity index (χ0) is 15.2. The number of ether oxygens (including phenoxy) is 2. The molecular formula is C16H28N2O2. The molecule has 0 spiro atoms. The van der Waals surface area contributed by atoms with Gasteiger partial charge in [-0.25, -0.2) is 0 Å². The molecule has 0 aliphatic carbocycles. The molecule has 4 nitrogen and oxygen atoms in total. The molecule has 0 saturated carbocycles. The van der Waals surface area contributed by atoms with Crippen LogP contribution in [0.1, 0.15) is 45.5 Å². The minimum absolute atomic E-state index is 0.123. The Morgan fingerprint density at radius 2 is 1.95 bits per heavy atom. The van der Waals surface area contributed by atoms with Gasteiger partial charge in [-0.1, -0.05) is 6.92 Å². The van der Waals surface area contributed by atoms with Crippen molar-refractivity contribution in [3.05, 3.63) is 23.5 Å². The van der Waals surface area contributed by atoms with Crippen molar-refractivity contribution >= 4 is 0 Å². The summed E-state index contributed by atoms with van der Waals surface area (Å²) in [6, 6.07) is 4.05. The molecule has 20 heavy (non-hydrogen) atoms. The number of nitrogens with zero attached hydrogens (tertiary/aromatic N) is 1. The van der Waals surface area contributed by atoms with Crippen molar-refractivity contribution in [2.75, 3.05) is 13.2 Å². The molecule has 4 heteroatoms. The van der Waals surface area contributed by atoms with Crippen LogP contribution in [0.3, 0.4) is 0 Å². The highest BCUT2D eigenvalue weighted by molar-refractivity contribution is 5.30. The van der Waals surface area contributed by atoms with Gasteiger partial charge in [0.25, 0.3) is 0 Å². The zero-order valence-corrected chi connectivity index (χ0v) is 13.4. The molecule has 1 heterocycles. The summed E-state index contributed by atoms with van der Waals surface area (Å²) in [7, 11) is 0. The van der Waals surface area contributed by atoms with E-state index in [0.29, 0.717) is 13.2 Å². The third kappa shape index (κ3) is 6.35. The molecule has 0 aromatic carbocycles. The average Bonchev–Trinajstić information content (AvgIpc) is 2.35. The van der Waals surface area contributed by atoms with Gasteiger partial charge in [-0.2, -0.15) is 0 Å². The maximum absolute atomic E-state index is 6.02. The molecule has 0 radical (unpaired) electrons. The summed E-state index contributed by atoms with van der Waals surface area (Å²) in [5.74, 6) is 0.817. The predicted octanol–water partition coefficient (Wildman–Crippen LogP) is 2.86. The summed E-state index contributed by atoms with van der Waals surface area (Å²) in [6.07, 6.45) is 1.68. The molecule has 1 atom stereocenters. The van der Waals surface area contributed by atoms with Crippen LogP contribution in [0, 0.1) is 6.92 Å². The van der Waals surface area contributed by atoms with Crippen molar-refractivity contribution in [2.45, 2.75) is 59.1 Å². The van der Waals surface area contributed by atoms with Crippen LogP contribution in [0.15, 0.2) is 12.1 Å². The summed E-state index contributed by atoms with van der Waals surface area (Å²) >= 11 is 0. The number of aryl methyl sites for hydroxylation is 1. The fourth-order valence-corrected chi connectivity index (χ4v) is 1.77. The van der Waals surface area contributed by atoms with E-state index in [1.54, 1.807) is 0 Å². The molecular weight excluding hydrogens is 252 g/mol. The van der Waals surface area contributed by atoms with E-state index >= 15 is 0 Å². The Bertz CT molecular complexity index is 413. The van der Waals surface area contributed by atoms with Gasteiger partial charge in [-0.3, -0.25) is 4.98 Å². The lowest BCUT2D eigenvalue weighted by Crippen LogP contribution is -2.24. The summed E-state index contributed by atoms with van der Waals surface area (Å²) < 4.78 is 11.4. The minimum Gasteiger partial charge on any atom is -0.489 e. The van der Waals surface area contributed by atoms with Crippen molar-refractivity contribution in [2.24, 2.45) is 5.73 Å². The highest BCUT2D eigenvalue weighted by Gasteiger charge is 2.12. The lowest BCUT2D eigenvalue weighted by Gasteiger charge is -2.20. The molecule has 1 rings (SSSR count). The van der Waals surface area contributed by atoms with Gasteiger partial charge in [0.05, 0.1) is 17.9 Å². The molecule has 1 aromatic rings. The maximum atomic E-state index is 6.02. The molecule has 0 bridgehead atoms. The second-order valence-corrected chi connectivity index (χ2v) is 6.08. The van der Waals surface area contributed by atoms with Crippen molar-refractivity contribution in [3.63, 3.8) is 0 Å². The van der Waals surface area contributed by atoms with Crippen molar-refractivity contribution in [3.8, 4) is 5.75 Å². The van der Waals surface area contributed by atoms with Gasteiger partial charge in [-0.05, 0) is 46.2 Å². The first kappa shape index (κ1) is 16.9. The lowest BCUT2D eigenvalue weighted by molar-refractivity contribution is -0.0164. The fourth-order valence-electron chi connectivity index (χ4n) is 1.77. The maximum Gasteiger partial charge on any atom is 0.140 e. The van der Waals surface area contributed by atoms with E-state index in [0.717, 1.165) is 30.0 Å². The van der Waals surface area contributed by atoms with Gasteiger partial charge in [-0.15, -0.1) is 0 Å². The quantitative estimate of drug-likeness (QED) is 0.780. The van der Waals surface area contributed by atoms with Gasteiger partial charge in [0.15, 0.2) is 0 Å². The normalized spacial score (nSPS) is 13.3. The van der Waals surface area contributed by atoms with Crippen LogP contribution in [0.25, 0.3) is 0 Å². The monoisotopic (exact) mass is 280 g/mol. The molecule has 1 unspecified atom stereocenters. The fraction of sp³-hybridized carbons (Fsp3) is 0.688. The third-order valence-corrected chi connectivity index (χ3v) is 2.93. The van der Waals surface area contributed by atoms with E-state index in [4.69, 9.17) is 15.2 Å². The highest BCUT2D eigenvalue weighted by Crippen LogP contribution is 2.19. The van der Waals surface area contributed by atoms with Gasteiger partial charge in [0.1, 0.15) is 12.4 Å². The first-order chi connectivity index (χ1) is 9.31. The van der Waals surface area contributed by atoms with E-state index in [-0.39, 0.29) is 11.6 Å². The van der Waals surface area contributed by atoms with Crippen LogP contribution in [-0.2, 0) is 11.2 Å². The summed E-state index contributed by atoms with van der Waals surface area (Å²) in [6.45, 7) is 11.3. The second-order valence-electron chi connectivity index (χ2n) is 6.08. The Morgan fingerprint density at radius 1 is 1.25 bits per heavy atom. The molecule has 114 valence electrons. The largest absolute Gasteiger partial charge is 0.489 e. The van der Waals surface area contributed by atoms with Crippen LogP contribution < -0.4 is 10.5 Å². The second kappa shape index (κ2) is 7.60. The highest BCUT2D eigenvalue weighted by atomic mass is 16.5. The predicted molar refractivity (Wildman–Crippen MR) is 82.1 cm³/mol. The average molecular weight is 280 g/mol. The van der Waals surface area contributed by atoms with Crippen LogP contribution in [-0.4, -0.2) is 29.8 Å². The molecule has 2 N–H and O–H groups in total. The first-order valence-electron chi connectivity index (χ1n) is 7.30. The van der Waals surface area contributed by atoms with Gasteiger partial charge < -0.3 is 15.2 Å². The van der Waals surface area contributed by atoms with E-state index in [1.807, 2.05) is 39.8 Å². The van der Waals surface area contributed by atoms with E-state index < -0.39 is 0 Å². The first-order valence-corrected chi connectivity index (χ1v) is 7.30. The number of hydrogen-bond acceptors (Lipinski definition) is 4. The van der Waals surface area contributed by atoms with Crippen molar-refractivity contribution in [1.29, 1.82) is 0 Å². The van der Waals surface area contributed by atoms with E-state index in [1.165, 1.54) is 0 Å². The number of hydrogen-bond donors (Lipinski definition) is 1. The van der Waals surface area contributed by atoms with Gasteiger partial charge in [0, 0.05) is 18.2 Å². The molecule has 0 aliphatic rings. The summed E-state index contributed by atoms with van der Waals surface area (Å²) in [5, 5.41) is 0. The van der Waals surface area contributed by atoms with Crippen LogP contribution in [0.5, 0.6) is 5.75 Å². The Kier molecular flexibility index (Phi) is 6.43. The molecule has 0 fully saturated rings. The van der Waals surface area contributed by atoms with E-state index in [2.05, 4.69) is 11.9 Å². The van der Waals surface area contributed by atoms with E-state index in [9.17, 15) is 0 Å². The minimum atomic E-state index is -0.137. The Morgan fingerprint density at radius 3 is 2.55 bits per heavy atom. The number of pyridine rings is 1. The Labute approximate surface area is 122 Å². The lowest BCUT2D eigenvalue weighted by atomic mass is 10.1. The van der Waals surface area contributed by atoms with Gasteiger partial charge in [0.2, 0.25) is 0 Å². The van der Waals surface area contributed by atoms with Crippen molar-refractivity contribution < 1.29 is 9.47 Å². The molecule has 1 aromatic heterocycles. The molecule has 0 saturated heterocycles. The number of aromatic nitrogens is 1. The zero-order valence-electron chi connectivity index (χ0n) is 13.4. The Hall–Kier alpha value is -1.13. The summed E-state index contributed by atoms with van der Waals surface area (Å²) in [5.41, 5.74) is 7.81. The topological polar surface area (TPSA) is 57.4 Å². The number of rotatable bonds is 7. The molecule has 0 aliphatic heterocycles. The standard InChI is InChI=1S/C16H28N2O2/c1-6-13(17)11-14-15(8-7-12(2)18-14)19-9-10-20-16(3,4)5/h7-8,13H,6,9-11,17H2,1-5H3. The Balaban J connectivity index is 2.60. The van der Waals surface area contributed by atoms with Crippen LogP contribution >= 0.6 is 0 Å². The third-order valence-electron chi connectivity index (χ3n) is 2.93. The van der Waals surface area contributed by atoms with Crippen molar-refractivity contribution in [1.82, 2.24) is 4.98 Å². The number of nitrogens with two attached hydrogens (primary N) is 1. The van der Waals surface area contributed by atoms with Crippen LogP contribution in [0.4, 0.5) is 0 Å². The summed E-state index contributed by atoms with van der Waals surface area (Å²) in [4.78, 5) is 4.54. The van der Waals surface area contributed by atoms with Crippen LogP contribution in [0.2, 0.25) is 0 Å². The SMILES string of the molecule is CCC(N)Cc1nc(C)ccc1OCCOC(C)(C)C. The molecule has 0 amide bonds. The smallest absolute Gasteiger partial charge is 0.140 e.